The van der Waals surface area contributed by atoms with E-state index in [4.69, 9.17) is 4.98 Å². The third-order valence-electron chi connectivity index (χ3n) is 3.65. The molecule has 1 aliphatic heterocycles. The molecule has 2 aromatic heterocycles. The van der Waals surface area contributed by atoms with Crippen LogP contribution in [0.2, 0.25) is 0 Å². The molecule has 4 nitrogen and oxygen atoms in total. The Morgan fingerprint density at radius 1 is 1.35 bits per heavy atom. The summed E-state index contributed by atoms with van der Waals surface area (Å²) >= 11 is 0. The van der Waals surface area contributed by atoms with Crippen LogP contribution in [0.1, 0.15) is 24.6 Å². The Hall–Kier alpha value is -1.42. The summed E-state index contributed by atoms with van der Waals surface area (Å²) in [7, 11) is 4.26. The fraction of sp³-hybridized carbons (Fsp3) is 0.538. The van der Waals surface area contributed by atoms with Crippen LogP contribution >= 0.6 is 0 Å². The number of aryl methyl sites for hydroxylation is 1. The Kier molecular flexibility index (Phi) is 2.59. The fourth-order valence-electron chi connectivity index (χ4n) is 2.78. The summed E-state index contributed by atoms with van der Waals surface area (Å²) < 4.78 is 2.15. The quantitative estimate of drug-likeness (QED) is 0.749. The maximum absolute atomic E-state index is 4.74. The lowest BCUT2D eigenvalue weighted by atomic mass is 9.98. The molecule has 0 radical (unpaired) electrons. The third-order valence-corrected chi connectivity index (χ3v) is 3.65. The van der Waals surface area contributed by atoms with Crippen LogP contribution < -0.4 is 0 Å². The fourth-order valence-corrected chi connectivity index (χ4v) is 2.78. The first kappa shape index (κ1) is 10.7. The van der Waals surface area contributed by atoms with Crippen molar-refractivity contribution in [2.24, 2.45) is 7.05 Å². The van der Waals surface area contributed by atoms with Crippen molar-refractivity contribution in [1.82, 2.24) is 19.4 Å². The zero-order valence-corrected chi connectivity index (χ0v) is 10.4. The number of imidazole rings is 1. The first-order valence-electron chi connectivity index (χ1n) is 6.21. The van der Waals surface area contributed by atoms with E-state index in [-0.39, 0.29) is 0 Å². The van der Waals surface area contributed by atoms with Crippen LogP contribution in [0.5, 0.6) is 0 Å². The molecule has 1 aliphatic rings. The average molecular weight is 230 g/mol. The molecule has 0 aliphatic carbocycles. The number of aromatic nitrogens is 3. The van der Waals surface area contributed by atoms with Crippen molar-refractivity contribution in [1.29, 1.82) is 0 Å². The van der Waals surface area contributed by atoms with Gasteiger partial charge < -0.3 is 9.47 Å². The molecule has 0 bridgehead atoms. The molecule has 1 fully saturated rings. The van der Waals surface area contributed by atoms with E-state index >= 15 is 0 Å². The van der Waals surface area contributed by atoms with Crippen molar-refractivity contribution in [3.8, 4) is 0 Å². The SMILES string of the molecule is CN1CCCC(c2nc3cccnc3n2C)C1. The van der Waals surface area contributed by atoms with Crippen LogP contribution in [0, 0.1) is 0 Å². The number of pyridine rings is 1. The van der Waals surface area contributed by atoms with Crippen LogP contribution in [0.15, 0.2) is 18.3 Å². The lowest BCUT2D eigenvalue weighted by Crippen LogP contribution is -2.31. The van der Waals surface area contributed by atoms with Crippen LogP contribution in [-0.2, 0) is 7.05 Å². The van der Waals surface area contributed by atoms with Crippen molar-refractivity contribution in [3.63, 3.8) is 0 Å². The highest BCUT2D eigenvalue weighted by molar-refractivity contribution is 5.71. The molecule has 1 unspecified atom stereocenters. The summed E-state index contributed by atoms with van der Waals surface area (Å²) in [6.45, 7) is 2.32. The number of fused-ring (bicyclic) bond motifs is 1. The van der Waals surface area contributed by atoms with Gasteiger partial charge in [-0.05, 0) is 38.6 Å². The highest BCUT2D eigenvalue weighted by Gasteiger charge is 2.23. The Morgan fingerprint density at radius 2 is 2.24 bits per heavy atom. The molecule has 90 valence electrons. The first-order chi connectivity index (χ1) is 8.25. The van der Waals surface area contributed by atoms with Gasteiger partial charge in [-0.15, -0.1) is 0 Å². The van der Waals surface area contributed by atoms with Crippen molar-refractivity contribution < 1.29 is 0 Å². The van der Waals surface area contributed by atoms with Gasteiger partial charge in [0.05, 0.1) is 0 Å². The lowest BCUT2D eigenvalue weighted by molar-refractivity contribution is 0.244. The lowest BCUT2D eigenvalue weighted by Gasteiger charge is -2.29. The van der Waals surface area contributed by atoms with Gasteiger partial charge in [0, 0.05) is 25.7 Å². The number of rotatable bonds is 1. The monoisotopic (exact) mass is 230 g/mol. The van der Waals surface area contributed by atoms with Gasteiger partial charge in [0.15, 0.2) is 5.65 Å². The molecule has 0 aromatic carbocycles. The van der Waals surface area contributed by atoms with Gasteiger partial charge in [-0.3, -0.25) is 0 Å². The van der Waals surface area contributed by atoms with Crippen molar-refractivity contribution >= 4 is 11.2 Å². The predicted molar refractivity (Wildman–Crippen MR) is 68.0 cm³/mol. The summed E-state index contributed by atoms with van der Waals surface area (Å²) in [6, 6.07) is 3.99. The van der Waals surface area contributed by atoms with E-state index in [0.29, 0.717) is 5.92 Å². The van der Waals surface area contributed by atoms with E-state index < -0.39 is 0 Å². The number of hydrogen-bond acceptors (Lipinski definition) is 3. The second kappa shape index (κ2) is 4.11. The van der Waals surface area contributed by atoms with Crippen molar-refractivity contribution in [3.05, 3.63) is 24.2 Å². The summed E-state index contributed by atoms with van der Waals surface area (Å²) in [5, 5.41) is 0. The molecule has 1 atom stereocenters. The molecule has 1 saturated heterocycles. The highest BCUT2D eigenvalue weighted by Crippen LogP contribution is 2.27. The van der Waals surface area contributed by atoms with Gasteiger partial charge in [0.1, 0.15) is 11.3 Å². The van der Waals surface area contributed by atoms with E-state index in [2.05, 4.69) is 28.5 Å². The van der Waals surface area contributed by atoms with E-state index in [9.17, 15) is 0 Å². The normalized spacial score (nSPS) is 22.1. The second-order valence-electron chi connectivity index (χ2n) is 4.98. The Bertz CT molecular complexity index is 531. The summed E-state index contributed by atoms with van der Waals surface area (Å²) in [5.41, 5.74) is 2.01. The average Bonchev–Trinajstić information content (AvgIpc) is 2.68. The Balaban J connectivity index is 2.02. The van der Waals surface area contributed by atoms with Gasteiger partial charge in [-0.2, -0.15) is 0 Å². The van der Waals surface area contributed by atoms with Crippen molar-refractivity contribution in [2.75, 3.05) is 20.1 Å². The van der Waals surface area contributed by atoms with Crippen molar-refractivity contribution in [2.45, 2.75) is 18.8 Å². The topological polar surface area (TPSA) is 34.0 Å². The zero-order valence-electron chi connectivity index (χ0n) is 10.4. The molecular formula is C13H18N4. The van der Waals surface area contributed by atoms with Gasteiger partial charge in [0.25, 0.3) is 0 Å². The largest absolute Gasteiger partial charge is 0.316 e. The van der Waals surface area contributed by atoms with Gasteiger partial charge >= 0.3 is 0 Å². The number of likely N-dealkylation sites (N-methyl/N-ethyl adjacent to an activating group) is 1. The van der Waals surface area contributed by atoms with E-state index in [1.54, 1.807) is 0 Å². The minimum absolute atomic E-state index is 0.549. The van der Waals surface area contributed by atoms with E-state index in [1.165, 1.54) is 25.2 Å². The first-order valence-corrected chi connectivity index (χ1v) is 6.21. The Morgan fingerprint density at radius 3 is 3.00 bits per heavy atom. The minimum Gasteiger partial charge on any atom is -0.316 e. The molecular weight excluding hydrogens is 212 g/mol. The van der Waals surface area contributed by atoms with Gasteiger partial charge in [-0.1, -0.05) is 0 Å². The molecule has 0 saturated carbocycles. The summed E-state index contributed by atoms with van der Waals surface area (Å²) in [5.74, 6) is 1.73. The van der Waals surface area contributed by atoms with Gasteiger partial charge in [0.2, 0.25) is 0 Å². The molecule has 0 N–H and O–H groups in total. The summed E-state index contributed by atoms with van der Waals surface area (Å²) in [4.78, 5) is 11.5. The Labute approximate surface area is 101 Å². The summed E-state index contributed by atoms with van der Waals surface area (Å²) in [6.07, 6.45) is 4.33. The van der Waals surface area contributed by atoms with E-state index in [0.717, 1.165) is 17.7 Å². The standard InChI is InChI=1S/C13H18N4/c1-16-8-4-5-10(9-16)12-15-11-6-3-7-14-13(11)17(12)2/h3,6-7,10H,4-5,8-9H2,1-2H3. The van der Waals surface area contributed by atoms with Gasteiger partial charge in [-0.25, -0.2) is 9.97 Å². The smallest absolute Gasteiger partial charge is 0.159 e. The zero-order chi connectivity index (χ0) is 11.8. The number of likely N-dealkylation sites (tertiary alicyclic amines) is 1. The molecule has 4 heteroatoms. The molecule has 17 heavy (non-hydrogen) atoms. The molecule has 3 heterocycles. The third kappa shape index (κ3) is 1.82. The molecule has 0 amide bonds. The van der Waals surface area contributed by atoms with Crippen LogP contribution in [-0.4, -0.2) is 39.6 Å². The number of nitrogens with zero attached hydrogens (tertiary/aromatic N) is 4. The van der Waals surface area contributed by atoms with Crippen LogP contribution in [0.4, 0.5) is 0 Å². The number of piperidine rings is 1. The number of hydrogen-bond donors (Lipinski definition) is 0. The maximum atomic E-state index is 4.74. The highest BCUT2D eigenvalue weighted by atomic mass is 15.1. The van der Waals surface area contributed by atoms with Crippen LogP contribution in [0.25, 0.3) is 11.2 Å². The van der Waals surface area contributed by atoms with E-state index in [1.807, 2.05) is 18.3 Å². The molecule has 3 rings (SSSR count). The molecule has 2 aromatic rings. The van der Waals surface area contributed by atoms with Crippen LogP contribution in [0.3, 0.4) is 0 Å². The second-order valence-corrected chi connectivity index (χ2v) is 4.98. The maximum Gasteiger partial charge on any atom is 0.159 e. The molecule has 0 spiro atoms. The predicted octanol–water partition coefficient (Wildman–Crippen LogP) is 1.78. The minimum atomic E-state index is 0.549.